The van der Waals surface area contributed by atoms with Crippen molar-refractivity contribution in [3.8, 4) is 0 Å². The summed E-state index contributed by atoms with van der Waals surface area (Å²) in [4.78, 5) is 6.20. The van der Waals surface area contributed by atoms with E-state index in [9.17, 15) is 4.39 Å². The number of hydrogen-bond donors (Lipinski definition) is 2. The van der Waals surface area contributed by atoms with Crippen molar-refractivity contribution in [1.29, 1.82) is 0 Å². The first-order valence-corrected chi connectivity index (χ1v) is 6.19. The maximum absolute atomic E-state index is 13.4. The van der Waals surface area contributed by atoms with Crippen LogP contribution >= 0.6 is 0 Å². The first-order valence-electron chi connectivity index (χ1n) is 6.19. The van der Waals surface area contributed by atoms with E-state index in [0.717, 1.165) is 24.2 Å². The standard InChI is InChI=1S/C14H13FN4O/c15-11-2-1-9-4-6-19(12(9)8-11)13-7-10(3-5-17-13)14(16)18-20/h1-3,5,7-8,20H,4,6H2,(H2,16,18). The zero-order valence-electron chi connectivity index (χ0n) is 10.6. The average Bonchev–Trinajstić information content (AvgIpc) is 2.89. The molecular weight excluding hydrogens is 259 g/mol. The summed E-state index contributed by atoms with van der Waals surface area (Å²) in [5.74, 6) is 0.397. The molecule has 0 atom stereocenters. The maximum atomic E-state index is 13.4. The minimum absolute atomic E-state index is 0.0207. The van der Waals surface area contributed by atoms with E-state index in [2.05, 4.69) is 10.1 Å². The van der Waals surface area contributed by atoms with Gasteiger partial charge in [0.1, 0.15) is 11.6 Å². The number of aromatic nitrogens is 1. The molecule has 0 saturated heterocycles. The maximum Gasteiger partial charge on any atom is 0.170 e. The lowest BCUT2D eigenvalue weighted by atomic mass is 10.1. The van der Waals surface area contributed by atoms with Gasteiger partial charge in [0.2, 0.25) is 0 Å². The topological polar surface area (TPSA) is 74.7 Å². The minimum atomic E-state index is -0.275. The summed E-state index contributed by atoms with van der Waals surface area (Å²) in [6.07, 6.45) is 2.42. The number of pyridine rings is 1. The van der Waals surface area contributed by atoms with Crippen LogP contribution in [-0.2, 0) is 6.42 Å². The van der Waals surface area contributed by atoms with E-state index in [1.807, 2.05) is 4.90 Å². The molecule has 6 heteroatoms. The van der Waals surface area contributed by atoms with Gasteiger partial charge in [-0.3, -0.25) is 0 Å². The van der Waals surface area contributed by atoms with Crippen molar-refractivity contribution in [2.45, 2.75) is 6.42 Å². The molecule has 3 N–H and O–H groups in total. The number of fused-ring (bicyclic) bond motifs is 1. The fourth-order valence-corrected chi connectivity index (χ4v) is 2.37. The highest BCUT2D eigenvalue weighted by molar-refractivity contribution is 5.97. The minimum Gasteiger partial charge on any atom is -0.409 e. The SMILES string of the molecule is N/C(=N/O)c1ccnc(N2CCc3ccc(F)cc32)c1. The van der Waals surface area contributed by atoms with Crippen LogP contribution in [0.2, 0.25) is 0 Å². The molecule has 3 rings (SSSR count). The Balaban J connectivity index is 2.02. The normalized spacial score (nSPS) is 14.4. The summed E-state index contributed by atoms with van der Waals surface area (Å²) in [6.45, 7) is 0.728. The third-order valence-electron chi connectivity index (χ3n) is 3.37. The molecule has 102 valence electrons. The number of amidine groups is 1. The predicted molar refractivity (Wildman–Crippen MR) is 73.9 cm³/mol. The molecule has 1 aromatic heterocycles. The first kappa shape index (κ1) is 12.4. The van der Waals surface area contributed by atoms with Crippen molar-refractivity contribution in [3.63, 3.8) is 0 Å². The second-order valence-electron chi connectivity index (χ2n) is 4.56. The molecule has 1 aliphatic heterocycles. The molecule has 5 nitrogen and oxygen atoms in total. The third-order valence-corrected chi connectivity index (χ3v) is 3.37. The van der Waals surface area contributed by atoms with Crippen molar-refractivity contribution in [2.24, 2.45) is 10.9 Å². The third kappa shape index (κ3) is 2.05. The van der Waals surface area contributed by atoms with Gasteiger partial charge in [0.05, 0.1) is 0 Å². The number of anilines is 2. The summed E-state index contributed by atoms with van der Waals surface area (Å²) in [7, 11) is 0. The summed E-state index contributed by atoms with van der Waals surface area (Å²) in [6, 6.07) is 8.12. The molecule has 0 spiro atoms. The van der Waals surface area contributed by atoms with Crippen LogP contribution < -0.4 is 10.6 Å². The van der Waals surface area contributed by atoms with Crippen LogP contribution in [0.25, 0.3) is 0 Å². The molecule has 0 amide bonds. The van der Waals surface area contributed by atoms with E-state index in [1.165, 1.54) is 12.1 Å². The van der Waals surface area contributed by atoms with Gasteiger partial charge in [0, 0.05) is 24.0 Å². The Morgan fingerprint density at radius 1 is 1.35 bits per heavy atom. The molecule has 0 unspecified atom stereocenters. The molecule has 2 aromatic rings. The molecule has 0 fully saturated rings. The van der Waals surface area contributed by atoms with Gasteiger partial charge in [-0.2, -0.15) is 0 Å². The molecule has 0 radical (unpaired) electrons. The van der Waals surface area contributed by atoms with Gasteiger partial charge in [0.15, 0.2) is 5.84 Å². The Hall–Kier alpha value is -2.63. The van der Waals surface area contributed by atoms with Crippen LogP contribution in [0.3, 0.4) is 0 Å². The molecule has 1 aliphatic rings. The first-order chi connectivity index (χ1) is 9.69. The monoisotopic (exact) mass is 272 g/mol. The van der Waals surface area contributed by atoms with Crippen LogP contribution in [0.4, 0.5) is 15.9 Å². The summed E-state index contributed by atoms with van der Waals surface area (Å²) >= 11 is 0. The number of benzene rings is 1. The number of hydrogen-bond acceptors (Lipinski definition) is 4. The molecule has 1 aromatic carbocycles. The highest BCUT2D eigenvalue weighted by Crippen LogP contribution is 2.34. The van der Waals surface area contributed by atoms with E-state index >= 15 is 0 Å². The molecule has 0 saturated carbocycles. The van der Waals surface area contributed by atoms with Gasteiger partial charge >= 0.3 is 0 Å². The lowest BCUT2D eigenvalue weighted by molar-refractivity contribution is 0.318. The van der Waals surface area contributed by atoms with E-state index in [1.54, 1.807) is 24.4 Å². The van der Waals surface area contributed by atoms with Gasteiger partial charge in [-0.15, -0.1) is 0 Å². The van der Waals surface area contributed by atoms with Gasteiger partial charge in [-0.25, -0.2) is 9.37 Å². The van der Waals surface area contributed by atoms with Crippen LogP contribution in [0.1, 0.15) is 11.1 Å². The summed E-state index contributed by atoms with van der Waals surface area (Å²) in [5.41, 5.74) is 8.05. The molecule has 20 heavy (non-hydrogen) atoms. The smallest absolute Gasteiger partial charge is 0.170 e. The van der Waals surface area contributed by atoms with E-state index in [0.29, 0.717) is 11.4 Å². The lowest BCUT2D eigenvalue weighted by Gasteiger charge is -2.18. The Bertz CT molecular complexity index is 687. The van der Waals surface area contributed by atoms with Crippen LogP contribution in [-0.4, -0.2) is 22.6 Å². The lowest BCUT2D eigenvalue weighted by Crippen LogP contribution is -2.18. The molecule has 0 bridgehead atoms. The zero-order chi connectivity index (χ0) is 14.1. The van der Waals surface area contributed by atoms with Crippen molar-refractivity contribution < 1.29 is 9.60 Å². The van der Waals surface area contributed by atoms with Gasteiger partial charge in [-0.1, -0.05) is 11.2 Å². The second-order valence-corrected chi connectivity index (χ2v) is 4.56. The van der Waals surface area contributed by atoms with Crippen LogP contribution in [0, 0.1) is 5.82 Å². The molecular formula is C14H13FN4O. The fraction of sp³-hybridized carbons (Fsp3) is 0.143. The number of oxime groups is 1. The predicted octanol–water partition coefficient (Wildman–Crippen LogP) is 2.01. The van der Waals surface area contributed by atoms with Crippen molar-refractivity contribution in [3.05, 3.63) is 53.5 Å². The number of halogens is 1. The Morgan fingerprint density at radius 2 is 2.20 bits per heavy atom. The van der Waals surface area contributed by atoms with E-state index in [-0.39, 0.29) is 11.7 Å². The largest absolute Gasteiger partial charge is 0.409 e. The van der Waals surface area contributed by atoms with E-state index in [4.69, 9.17) is 10.9 Å². The highest BCUT2D eigenvalue weighted by atomic mass is 19.1. The Kier molecular flexibility index (Phi) is 2.98. The van der Waals surface area contributed by atoms with Gasteiger partial charge < -0.3 is 15.8 Å². The fourth-order valence-electron chi connectivity index (χ4n) is 2.37. The van der Waals surface area contributed by atoms with Gasteiger partial charge in [0.25, 0.3) is 0 Å². The summed E-state index contributed by atoms with van der Waals surface area (Å²) < 4.78 is 13.4. The quantitative estimate of drug-likeness (QED) is 0.379. The Morgan fingerprint density at radius 3 is 3.00 bits per heavy atom. The van der Waals surface area contributed by atoms with Crippen molar-refractivity contribution in [2.75, 3.05) is 11.4 Å². The Labute approximate surface area is 115 Å². The van der Waals surface area contributed by atoms with Crippen molar-refractivity contribution >= 4 is 17.3 Å². The number of nitrogens with zero attached hydrogens (tertiary/aromatic N) is 3. The molecule has 0 aliphatic carbocycles. The van der Waals surface area contributed by atoms with E-state index < -0.39 is 0 Å². The van der Waals surface area contributed by atoms with Crippen molar-refractivity contribution in [1.82, 2.24) is 4.98 Å². The highest BCUT2D eigenvalue weighted by Gasteiger charge is 2.22. The number of nitrogens with two attached hydrogens (primary N) is 1. The second kappa shape index (κ2) is 4.80. The van der Waals surface area contributed by atoms with Crippen LogP contribution in [0.15, 0.2) is 41.7 Å². The summed E-state index contributed by atoms with van der Waals surface area (Å²) in [5, 5.41) is 11.7. The zero-order valence-corrected chi connectivity index (χ0v) is 10.6. The molecule has 2 heterocycles. The average molecular weight is 272 g/mol. The number of rotatable bonds is 2. The van der Waals surface area contributed by atoms with Gasteiger partial charge in [-0.05, 0) is 36.2 Å². The van der Waals surface area contributed by atoms with Crippen LogP contribution in [0.5, 0.6) is 0 Å².